The molecule has 0 radical (unpaired) electrons. The first kappa shape index (κ1) is 9.27. The van der Waals surface area contributed by atoms with E-state index in [1.807, 2.05) is 6.07 Å². The molecule has 82 valence electrons. The second-order valence-corrected chi connectivity index (χ2v) is 4.10. The minimum atomic E-state index is 0.229. The summed E-state index contributed by atoms with van der Waals surface area (Å²) in [7, 11) is 0. The molecule has 0 atom stereocenters. The third-order valence-electron chi connectivity index (χ3n) is 3.02. The topological polar surface area (TPSA) is 64.1 Å². The van der Waals surface area contributed by atoms with Crippen molar-refractivity contribution in [2.24, 2.45) is 0 Å². The molecule has 1 aromatic heterocycles. The maximum atomic E-state index is 9.43. The number of nitrogens with two attached hydrogens (primary N) is 1. The Morgan fingerprint density at radius 1 is 1.31 bits per heavy atom. The minimum Gasteiger partial charge on any atom is -0.508 e. The van der Waals surface area contributed by atoms with Crippen LogP contribution in [0.5, 0.6) is 5.75 Å². The molecule has 3 N–H and O–H groups in total. The normalized spacial score (nSPS) is 14.0. The number of aryl methyl sites for hydroxylation is 1. The zero-order chi connectivity index (χ0) is 11.1. The molecule has 0 amide bonds. The van der Waals surface area contributed by atoms with Crippen molar-refractivity contribution in [3.63, 3.8) is 0 Å². The third kappa shape index (κ3) is 1.26. The molecule has 1 aromatic carbocycles. The summed E-state index contributed by atoms with van der Waals surface area (Å²) in [4.78, 5) is 0. The molecule has 0 saturated heterocycles. The largest absolute Gasteiger partial charge is 0.508 e. The Kier molecular flexibility index (Phi) is 1.89. The van der Waals surface area contributed by atoms with Crippen LogP contribution in [0.4, 0.5) is 5.82 Å². The van der Waals surface area contributed by atoms with Gasteiger partial charge in [-0.15, -0.1) is 0 Å². The van der Waals surface area contributed by atoms with Crippen molar-refractivity contribution < 1.29 is 5.11 Å². The molecule has 4 heteroatoms. The Morgan fingerprint density at radius 3 is 2.94 bits per heavy atom. The highest BCUT2D eigenvalue weighted by atomic mass is 16.3. The maximum Gasteiger partial charge on any atom is 0.130 e. The number of aromatic hydroxyl groups is 1. The number of hydrogen-bond acceptors (Lipinski definition) is 3. The van der Waals surface area contributed by atoms with Crippen LogP contribution in [0.25, 0.3) is 5.69 Å². The molecule has 3 rings (SSSR count). The van der Waals surface area contributed by atoms with E-state index in [-0.39, 0.29) is 5.75 Å². The lowest BCUT2D eigenvalue weighted by Crippen LogP contribution is -2.03. The molecule has 0 saturated carbocycles. The fraction of sp³-hybridized carbons (Fsp3) is 0.250. The van der Waals surface area contributed by atoms with Crippen LogP contribution in [-0.2, 0) is 12.8 Å². The lowest BCUT2D eigenvalue weighted by Gasteiger charge is -2.05. The van der Waals surface area contributed by atoms with Gasteiger partial charge in [-0.05, 0) is 31.4 Å². The lowest BCUT2D eigenvalue weighted by atomic mass is 10.2. The number of fused-ring (bicyclic) bond motifs is 1. The Bertz CT molecular complexity index is 545. The maximum absolute atomic E-state index is 9.43. The zero-order valence-electron chi connectivity index (χ0n) is 8.85. The van der Waals surface area contributed by atoms with Crippen LogP contribution < -0.4 is 5.73 Å². The average molecular weight is 215 g/mol. The molecule has 1 heterocycles. The van der Waals surface area contributed by atoms with E-state index in [0.29, 0.717) is 5.82 Å². The number of rotatable bonds is 1. The Morgan fingerprint density at radius 2 is 2.19 bits per heavy atom. The van der Waals surface area contributed by atoms with Gasteiger partial charge >= 0.3 is 0 Å². The summed E-state index contributed by atoms with van der Waals surface area (Å²) in [6, 6.07) is 6.98. The number of benzene rings is 1. The van der Waals surface area contributed by atoms with E-state index in [2.05, 4.69) is 5.10 Å². The van der Waals surface area contributed by atoms with Gasteiger partial charge in [-0.1, -0.05) is 6.07 Å². The van der Waals surface area contributed by atoms with Gasteiger partial charge in [0.05, 0.1) is 11.4 Å². The summed E-state index contributed by atoms with van der Waals surface area (Å²) >= 11 is 0. The number of hydrogen-bond donors (Lipinski definition) is 2. The summed E-state index contributed by atoms with van der Waals surface area (Å²) in [6.45, 7) is 0. The number of nitrogen functional groups attached to an aromatic ring is 1. The number of phenolic OH excluding ortho intramolecular Hbond substituents is 1. The number of anilines is 1. The van der Waals surface area contributed by atoms with Crippen molar-refractivity contribution in [1.29, 1.82) is 0 Å². The molecule has 0 aliphatic heterocycles. The molecule has 0 bridgehead atoms. The molecule has 0 fully saturated rings. The molecule has 4 nitrogen and oxygen atoms in total. The molecule has 1 aliphatic rings. The monoisotopic (exact) mass is 215 g/mol. The van der Waals surface area contributed by atoms with Gasteiger partial charge in [0.2, 0.25) is 0 Å². The van der Waals surface area contributed by atoms with Crippen molar-refractivity contribution >= 4 is 5.82 Å². The quantitative estimate of drug-likeness (QED) is 0.760. The van der Waals surface area contributed by atoms with Gasteiger partial charge in [0.25, 0.3) is 0 Å². The molecule has 1 aliphatic carbocycles. The van der Waals surface area contributed by atoms with Crippen LogP contribution in [0, 0.1) is 0 Å². The highest BCUT2D eigenvalue weighted by molar-refractivity contribution is 5.52. The SMILES string of the molecule is Nc1c2c(nn1-c1cccc(O)c1)CCC2. The molecular weight excluding hydrogens is 202 g/mol. The van der Waals surface area contributed by atoms with Crippen LogP contribution in [0.3, 0.4) is 0 Å². The Hall–Kier alpha value is -1.97. The minimum absolute atomic E-state index is 0.229. The summed E-state index contributed by atoms with van der Waals surface area (Å²) in [6.07, 6.45) is 3.16. The van der Waals surface area contributed by atoms with E-state index in [4.69, 9.17) is 5.73 Å². The van der Waals surface area contributed by atoms with Crippen molar-refractivity contribution in [1.82, 2.24) is 9.78 Å². The smallest absolute Gasteiger partial charge is 0.130 e. The van der Waals surface area contributed by atoms with Crippen molar-refractivity contribution in [3.8, 4) is 11.4 Å². The zero-order valence-corrected chi connectivity index (χ0v) is 8.85. The predicted octanol–water partition coefficient (Wildman–Crippen LogP) is 1.65. The number of nitrogens with zero attached hydrogens (tertiary/aromatic N) is 2. The molecule has 16 heavy (non-hydrogen) atoms. The van der Waals surface area contributed by atoms with Gasteiger partial charge in [0.1, 0.15) is 11.6 Å². The van der Waals surface area contributed by atoms with Crippen molar-refractivity contribution in [2.45, 2.75) is 19.3 Å². The summed E-state index contributed by atoms with van der Waals surface area (Å²) in [5.74, 6) is 0.936. The number of aromatic nitrogens is 2. The van der Waals surface area contributed by atoms with Gasteiger partial charge in [0, 0.05) is 11.6 Å². The van der Waals surface area contributed by atoms with Crippen LogP contribution in [-0.4, -0.2) is 14.9 Å². The highest BCUT2D eigenvalue weighted by Crippen LogP contribution is 2.29. The second-order valence-electron chi connectivity index (χ2n) is 4.10. The summed E-state index contributed by atoms with van der Waals surface area (Å²) in [5.41, 5.74) is 9.14. The van der Waals surface area contributed by atoms with E-state index >= 15 is 0 Å². The van der Waals surface area contributed by atoms with Crippen LogP contribution in [0.2, 0.25) is 0 Å². The predicted molar refractivity (Wildman–Crippen MR) is 61.7 cm³/mol. The first-order valence-electron chi connectivity index (χ1n) is 5.41. The fourth-order valence-electron chi connectivity index (χ4n) is 2.24. The molecule has 2 aromatic rings. The molecule has 0 spiro atoms. The van der Waals surface area contributed by atoms with E-state index in [9.17, 15) is 5.11 Å². The fourth-order valence-corrected chi connectivity index (χ4v) is 2.24. The van der Waals surface area contributed by atoms with Gasteiger partial charge in [0.15, 0.2) is 0 Å². The van der Waals surface area contributed by atoms with Crippen LogP contribution >= 0.6 is 0 Å². The summed E-state index contributed by atoms with van der Waals surface area (Å²) < 4.78 is 1.71. The van der Waals surface area contributed by atoms with Crippen LogP contribution in [0.1, 0.15) is 17.7 Å². The Labute approximate surface area is 93.3 Å². The van der Waals surface area contributed by atoms with Gasteiger partial charge in [-0.2, -0.15) is 5.10 Å². The molecular formula is C12H13N3O. The number of phenols is 1. The van der Waals surface area contributed by atoms with Crippen molar-refractivity contribution in [3.05, 3.63) is 35.5 Å². The van der Waals surface area contributed by atoms with E-state index in [1.54, 1.807) is 22.9 Å². The van der Waals surface area contributed by atoms with Crippen LogP contribution in [0.15, 0.2) is 24.3 Å². The first-order chi connectivity index (χ1) is 7.75. The van der Waals surface area contributed by atoms with Gasteiger partial charge in [-0.25, -0.2) is 4.68 Å². The summed E-state index contributed by atoms with van der Waals surface area (Å²) in [5, 5.41) is 13.9. The first-order valence-corrected chi connectivity index (χ1v) is 5.41. The molecule has 0 unspecified atom stereocenters. The van der Waals surface area contributed by atoms with Gasteiger partial charge in [-0.3, -0.25) is 0 Å². The van der Waals surface area contributed by atoms with E-state index in [1.165, 1.54) is 5.56 Å². The average Bonchev–Trinajstić information content (AvgIpc) is 2.82. The Balaban J connectivity index is 2.14. The second kappa shape index (κ2) is 3.27. The highest BCUT2D eigenvalue weighted by Gasteiger charge is 2.20. The van der Waals surface area contributed by atoms with E-state index < -0.39 is 0 Å². The van der Waals surface area contributed by atoms with Crippen molar-refractivity contribution in [2.75, 3.05) is 5.73 Å². The van der Waals surface area contributed by atoms with Gasteiger partial charge < -0.3 is 10.8 Å². The standard InChI is InChI=1S/C12H13N3O/c13-12-10-5-2-6-11(10)14-15(12)8-3-1-4-9(16)7-8/h1,3-4,7,16H,2,5-6,13H2. The lowest BCUT2D eigenvalue weighted by molar-refractivity contribution is 0.475. The van der Waals surface area contributed by atoms with E-state index in [0.717, 1.165) is 30.6 Å². The third-order valence-corrected chi connectivity index (χ3v) is 3.02.